The first-order valence-corrected chi connectivity index (χ1v) is 4.14. The van der Waals surface area contributed by atoms with Crippen molar-refractivity contribution in [2.75, 3.05) is 13.6 Å². The van der Waals surface area contributed by atoms with Gasteiger partial charge >= 0.3 is 0 Å². The van der Waals surface area contributed by atoms with Crippen LogP contribution in [0.2, 0.25) is 0 Å². The molecule has 0 bridgehead atoms. The molecule has 0 spiro atoms. The van der Waals surface area contributed by atoms with E-state index in [4.69, 9.17) is 5.73 Å². The van der Waals surface area contributed by atoms with Crippen molar-refractivity contribution in [1.82, 2.24) is 4.90 Å². The Labute approximate surface area is 68.3 Å². The van der Waals surface area contributed by atoms with E-state index in [1.54, 1.807) is 7.05 Å². The number of hydrogen-bond acceptors (Lipinski definition) is 1. The average Bonchev–Trinajstić information content (AvgIpc) is 2.28. The molecule has 1 fully saturated rings. The monoisotopic (exact) mass is 155 g/mol. The van der Waals surface area contributed by atoms with E-state index in [2.05, 4.69) is 23.7 Å². The zero-order valence-corrected chi connectivity index (χ0v) is 7.54. The summed E-state index contributed by atoms with van der Waals surface area (Å²) in [5.74, 6) is 1.44. The fourth-order valence-electron chi connectivity index (χ4n) is 1.75. The molecule has 3 nitrogen and oxygen atoms in total. The van der Waals surface area contributed by atoms with Crippen molar-refractivity contribution >= 4 is 5.96 Å². The molecule has 0 aliphatic carbocycles. The van der Waals surface area contributed by atoms with Gasteiger partial charge in [-0.05, 0) is 19.3 Å². The van der Waals surface area contributed by atoms with Crippen molar-refractivity contribution in [3.8, 4) is 0 Å². The van der Waals surface area contributed by atoms with Crippen LogP contribution in [0.1, 0.15) is 20.3 Å². The molecule has 0 saturated carbocycles. The average molecular weight is 155 g/mol. The van der Waals surface area contributed by atoms with Gasteiger partial charge in [0.1, 0.15) is 0 Å². The van der Waals surface area contributed by atoms with Crippen LogP contribution in [-0.2, 0) is 0 Å². The predicted octanol–water partition coefficient (Wildman–Crippen LogP) is 0.661. The van der Waals surface area contributed by atoms with Crippen LogP contribution in [0.5, 0.6) is 0 Å². The molecule has 2 unspecified atom stereocenters. The first-order valence-electron chi connectivity index (χ1n) is 4.14. The van der Waals surface area contributed by atoms with Crippen molar-refractivity contribution in [2.45, 2.75) is 26.3 Å². The summed E-state index contributed by atoms with van der Waals surface area (Å²) in [7, 11) is 1.74. The second kappa shape index (κ2) is 3.11. The van der Waals surface area contributed by atoms with Gasteiger partial charge in [0, 0.05) is 19.6 Å². The Balaban J connectivity index is 2.60. The van der Waals surface area contributed by atoms with Crippen LogP contribution in [0.3, 0.4) is 0 Å². The minimum absolute atomic E-state index is 0.564. The summed E-state index contributed by atoms with van der Waals surface area (Å²) in [5.41, 5.74) is 5.71. The lowest BCUT2D eigenvalue weighted by molar-refractivity contribution is 0.406. The molecule has 0 radical (unpaired) electrons. The van der Waals surface area contributed by atoms with Gasteiger partial charge < -0.3 is 10.6 Å². The van der Waals surface area contributed by atoms with Crippen molar-refractivity contribution in [3.05, 3.63) is 0 Å². The lowest BCUT2D eigenvalue weighted by atomic mass is 10.1. The van der Waals surface area contributed by atoms with Gasteiger partial charge in [0.2, 0.25) is 0 Å². The SMILES string of the molecule is CN=C(N)N1CC(C)CC1C. The highest BCUT2D eigenvalue weighted by Crippen LogP contribution is 2.21. The minimum atomic E-state index is 0.564. The Morgan fingerprint density at radius 2 is 2.18 bits per heavy atom. The third kappa shape index (κ3) is 1.64. The highest BCUT2D eigenvalue weighted by atomic mass is 15.3. The van der Waals surface area contributed by atoms with Crippen molar-refractivity contribution in [1.29, 1.82) is 0 Å². The van der Waals surface area contributed by atoms with Crippen LogP contribution >= 0.6 is 0 Å². The van der Waals surface area contributed by atoms with Gasteiger partial charge in [-0.3, -0.25) is 4.99 Å². The number of likely N-dealkylation sites (tertiary alicyclic amines) is 1. The molecule has 11 heavy (non-hydrogen) atoms. The number of aliphatic imine (C=N–C) groups is 1. The molecule has 1 rings (SSSR count). The van der Waals surface area contributed by atoms with Crippen molar-refractivity contribution in [2.24, 2.45) is 16.6 Å². The highest BCUT2D eigenvalue weighted by Gasteiger charge is 2.26. The number of nitrogens with zero attached hydrogens (tertiary/aromatic N) is 2. The molecule has 1 heterocycles. The van der Waals surface area contributed by atoms with E-state index in [-0.39, 0.29) is 0 Å². The molecule has 0 aromatic carbocycles. The molecule has 0 amide bonds. The van der Waals surface area contributed by atoms with Crippen LogP contribution in [0.15, 0.2) is 4.99 Å². The van der Waals surface area contributed by atoms with Crippen LogP contribution in [0.4, 0.5) is 0 Å². The summed E-state index contributed by atoms with van der Waals surface area (Å²) < 4.78 is 0. The summed E-state index contributed by atoms with van der Waals surface area (Å²) in [6.45, 7) is 5.51. The standard InChI is InChI=1S/C8H17N3/c1-6-4-7(2)11(5-6)8(9)10-3/h6-7H,4-5H2,1-3H3,(H2,9,10). The maximum absolute atomic E-state index is 5.71. The first-order chi connectivity index (χ1) is 5.15. The molecule has 0 aromatic heterocycles. The highest BCUT2D eigenvalue weighted by molar-refractivity contribution is 5.78. The molecular weight excluding hydrogens is 138 g/mol. The molecule has 3 heteroatoms. The summed E-state index contributed by atoms with van der Waals surface area (Å²) in [5, 5.41) is 0. The fraction of sp³-hybridized carbons (Fsp3) is 0.875. The minimum Gasteiger partial charge on any atom is -0.370 e. The molecule has 1 aliphatic rings. The maximum Gasteiger partial charge on any atom is 0.191 e. The van der Waals surface area contributed by atoms with E-state index < -0.39 is 0 Å². The number of hydrogen-bond donors (Lipinski definition) is 1. The molecule has 64 valence electrons. The first kappa shape index (κ1) is 8.37. The van der Waals surface area contributed by atoms with Gasteiger partial charge in [0.25, 0.3) is 0 Å². The van der Waals surface area contributed by atoms with E-state index >= 15 is 0 Å². The Morgan fingerprint density at radius 1 is 1.55 bits per heavy atom. The molecular formula is C8H17N3. The van der Waals surface area contributed by atoms with Crippen molar-refractivity contribution < 1.29 is 0 Å². The van der Waals surface area contributed by atoms with Gasteiger partial charge in [-0.1, -0.05) is 6.92 Å². The van der Waals surface area contributed by atoms with Crippen LogP contribution < -0.4 is 5.73 Å². The van der Waals surface area contributed by atoms with E-state index in [0.717, 1.165) is 12.5 Å². The second-order valence-electron chi connectivity index (χ2n) is 3.42. The Hall–Kier alpha value is -0.730. The molecule has 2 atom stereocenters. The fourth-order valence-corrected chi connectivity index (χ4v) is 1.75. The van der Waals surface area contributed by atoms with Gasteiger partial charge in [-0.2, -0.15) is 0 Å². The van der Waals surface area contributed by atoms with Gasteiger partial charge in [-0.15, -0.1) is 0 Å². The molecule has 0 aromatic rings. The zero-order chi connectivity index (χ0) is 8.43. The zero-order valence-electron chi connectivity index (χ0n) is 7.54. The van der Waals surface area contributed by atoms with Crippen LogP contribution in [-0.4, -0.2) is 30.5 Å². The summed E-state index contributed by atoms with van der Waals surface area (Å²) in [4.78, 5) is 6.15. The van der Waals surface area contributed by atoms with Gasteiger partial charge in [0.15, 0.2) is 5.96 Å². The largest absolute Gasteiger partial charge is 0.370 e. The van der Waals surface area contributed by atoms with Crippen LogP contribution in [0.25, 0.3) is 0 Å². The van der Waals surface area contributed by atoms with Crippen molar-refractivity contribution in [3.63, 3.8) is 0 Å². The maximum atomic E-state index is 5.71. The van der Waals surface area contributed by atoms with E-state index in [0.29, 0.717) is 12.0 Å². The predicted molar refractivity (Wildman–Crippen MR) is 47.5 cm³/mol. The van der Waals surface area contributed by atoms with Gasteiger partial charge in [-0.25, -0.2) is 0 Å². The third-order valence-electron chi connectivity index (χ3n) is 2.31. The van der Waals surface area contributed by atoms with Gasteiger partial charge in [0.05, 0.1) is 0 Å². The third-order valence-corrected chi connectivity index (χ3v) is 2.31. The topological polar surface area (TPSA) is 41.6 Å². The quantitative estimate of drug-likeness (QED) is 0.412. The summed E-state index contributed by atoms with van der Waals surface area (Å²) in [6.07, 6.45) is 1.23. The summed E-state index contributed by atoms with van der Waals surface area (Å²) in [6, 6.07) is 0.564. The van der Waals surface area contributed by atoms with E-state index in [1.807, 2.05) is 0 Å². The number of nitrogens with two attached hydrogens (primary N) is 1. The molecule has 2 N–H and O–H groups in total. The molecule has 1 aliphatic heterocycles. The second-order valence-corrected chi connectivity index (χ2v) is 3.42. The Bertz CT molecular complexity index is 165. The van der Waals surface area contributed by atoms with E-state index in [1.165, 1.54) is 6.42 Å². The number of guanidine groups is 1. The Kier molecular flexibility index (Phi) is 2.37. The Morgan fingerprint density at radius 3 is 2.55 bits per heavy atom. The normalized spacial score (nSPS) is 33.0. The molecule has 1 saturated heterocycles. The van der Waals surface area contributed by atoms with Crippen LogP contribution in [0, 0.1) is 5.92 Å². The number of rotatable bonds is 0. The smallest absolute Gasteiger partial charge is 0.191 e. The van der Waals surface area contributed by atoms with E-state index in [9.17, 15) is 0 Å². The lowest BCUT2D eigenvalue weighted by Gasteiger charge is -2.21. The summed E-state index contributed by atoms with van der Waals surface area (Å²) >= 11 is 0. The lowest BCUT2D eigenvalue weighted by Crippen LogP contribution is -2.39.